The molecule has 1 aromatic heterocycles. The van der Waals surface area contributed by atoms with Gasteiger partial charge in [-0.15, -0.1) is 0 Å². The zero-order chi connectivity index (χ0) is 13.0. The Hall–Kier alpha value is -1.52. The lowest BCUT2D eigenvalue weighted by Crippen LogP contribution is -2.11. The van der Waals surface area contributed by atoms with Gasteiger partial charge >= 0.3 is 0 Å². The van der Waals surface area contributed by atoms with Crippen molar-refractivity contribution in [2.24, 2.45) is 5.73 Å². The Balaban J connectivity index is 1.94. The molecule has 0 aliphatic heterocycles. The van der Waals surface area contributed by atoms with E-state index in [1.54, 1.807) is 29.5 Å². The fraction of sp³-hybridized carbons (Fsp3) is 0.154. The zero-order valence-corrected chi connectivity index (χ0v) is 11.2. The monoisotopic (exact) mass is 280 g/mol. The summed E-state index contributed by atoms with van der Waals surface area (Å²) in [5.41, 5.74) is 7.19. The molecule has 0 saturated carbocycles. The molecular weight excluding hydrogens is 268 g/mol. The first-order valence-electron chi connectivity index (χ1n) is 5.44. The van der Waals surface area contributed by atoms with E-state index in [-0.39, 0.29) is 5.84 Å². The van der Waals surface area contributed by atoms with Crippen LogP contribution in [0.2, 0.25) is 5.02 Å². The van der Waals surface area contributed by atoms with E-state index < -0.39 is 0 Å². The maximum Gasteiger partial charge on any atom is 0.124 e. The predicted octanol–water partition coefficient (Wildman–Crippen LogP) is 3.31. The molecule has 0 unspecified atom stereocenters. The van der Waals surface area contributed by atoms with Crippen LogP contribution in [-0.2, 0) is 6.42 Å². The van der Waals surface area contributed by atoms with Crippen LogP contribution in [0, 0.1) is 5.41 Å². The van der Waals surface area contributed by atoms with Crippen LogP contribution in [0.4, 0.5) is 0 Å². The molecule has 94 valence electrons. The Morgan fingerprint density at radius 3 is 2.83 bits per heavy atom. The van der Waals surface area contributed by atoms with E-state index in [1.165, 1.54) is 5.56 Å². The first kappa shape index (κ1) is 12.9. The largest absolute Gasteiger partial charge is 0.493 e. The molecule has 2 aromatic rings. The number of ether oxygens (including phenoxy) is 1. The van der Waals surface area contributed by atoms with Crippen molar-refractivity contribution in [1.82, 2.24) is 0 Å². The number of halogens is 1. The number of rotatable bonds is 5. The zero-order valence-electron chi connectivity index (χ0n) is 9.65. The molecule has 1 heterocycles. The summed E-state index contributed by atoms with van der Waals surface area (Å²) in [6.45, 7) is 0.604. The van der Waals surface area contributed by atoms with E-state index in [0.29, 0.717) is 22.9 Å². The summed E-state index contributed by atoms with van der Waals surface area (Å²) in [7, 11) is 0. The Kier molecular flexibility index (Phi) is 4.23. The van der Waals surface area contributed by atoms with Crippen molar-refractivity contribution in [3.05, 3.63) is 51.2 Å². The molecule has 2 rings (SSSR count). The van der Waals surface area contributed by atoms with Crippen LogP contribution >= 0.6 is 22.9 Å². The van der Waals surface area contributed by atoms with Gasteiger partial charge in [0, 0.05) is 12.0 Å². The maximum absolute atomic E-state index is 7.33. The third-order valence-electron chi connectivity index (χ3n) is 2.47. The van der Waals surface area contributed by atoms with Crippen molar-refractivity contribution in [1.29, 1.82) is 5.41 Å². The summed E-state index contributed by atoms with van der Waals surface area (Å²) >= 11 is 7.68. The maximum atomic E-state index is 7.33. The molecule has 1 aromatic carbocycles. The highest BCUT2D eigenvalue weighted by Crippen LogP contribution is 2.22. The molecule has 0 aliphatic rings. The number of hydrogen-bond acceptors (Lipinski definition) is 3. The average Bonchev–Trinajstić information content (AvgIpc) is 2.81. The highest BCUT2D eigenvalue weighted by atomic mass is 35.5. The highest BCUT2D eigenvalue weighted by Gasteiger charge is 2.05. The van der Waals surface area contributed by atoms with Gasteiger partial charge in [0.25, 0.3) is 0 Å². The Bertz CT molecular complexity index is 540. The number of nitrogens with one attached hydrogen (secondary N) is 1. The molecule has 5 heteroatoms. The summed E-state index contributed by atoms with van der Waals surface area (Å²) < 4.78 is 5.60. The van der Waals surface area contributed by atoms with Crippen molar-refractivity contribution in [2.45, 2.75) is 6.42 Å². The molecule has 0 saturated heterocycles. The lowest BCUT2D eigenvalue weighted by atomic mass is 10.2. The predicted molar refractivity (Wildman–Crippen MR) is 76.0 cm³/mol. The molecule has 0 spiro atoms. The lowest BCUT2D eigenvalue weighted by molar-refractivity contribution is 0.322. The number of thiophene rings is 1. The molecule has 0 aliphatic carbocycles. The van der Waals surface area contributed by atoms with Gasteiger partial charge in [0.1, 0.15) is 11.6 Å². The Morgan fingerprint density at radius 1 is 1.39 bits per heavy atom. The van der Waals surface area contributed by atoms with E-state index in [9.17, 15) is 0 Å². The number of benzene rings is 1. The third-order valence-corrected chi connectivity index (χ3v) is 3.52. The Morgan fingerprint density at radius 2 is 2.22 bits per heavy atom. The van der Waals surface area contributed by atoms with E-state index in [0.717, 1.165) is 6.42 Å². The van der Waals surface area contributed by atoms with Crippen molar-refractivity contribution >= 4 is 28.8 Å². The summed E-state index contributed by atoms with van der Waals surface area (Å²) in [4.78, 5) is 0. The van der Waals surface area contributed by atoms with E-state index in [4.69, 9.17) is 27.5 Å². The van der Waals surface area contributed by atoms with Crippen molar-refractivity contribution in [2.75, 3.05) is 6.61 Å². The second-order valence-corrected chi connectivity index (χ2v) is 4.97. The summed E-state index contributed by atoms with van der Waals surface area (Å²) in [5.74, 6) is 0.657. The van der Waals surface area contributed by atoms with Crippen LogP contribution in [0.1, 0.15) is 11.1 Å². The smallest absolute Gasteiger partial charge is 0.124 e. The summed E-state index contributed by atoms with van der Waals surface area (Å²) in [6.07, 6.45) is 0.871. The van der Waals surface area contributed by atoms with E-state index in [2.05, 4.69) is 11.4 Å². The SMILES string of the molecule is N=C(N)c1ccc(OCCc2ccsc2)cc1Cl. The van der Waals surface area contributed by atoms with Crippen LogP contribution < -0.4 is 10.5 Å². The van der Waals surface area contributed by atoms with Crippen LogP contribution in [0.15, 0.2) is 35.0 Å². The summed E-state index contributed by atoms with van der Waals surface area (Å²) in [6, 6.07) is 7.24. The first-order chi connectivity index (χ1) is 8.66. The van der Waals surface area contributed by atoms with Gasteiger partial charge in [0.05, 0.1) is 11.6 Å². The molecule has 0 atom stereocenters. The quantitative estimate of drug-likeness (QED) is 0.652. The van der Waals surface area contributed by atoms with Gasteiger partial charge in [0.2, 0.25) is 0 Å². The molecule has 0 fully saturated rings. The van der Waals surface area contributed by atoms with Crippen molar-refractivity contribution in [3.8, 4) is 5.75 Å². The number of nitrogens with two attached hydrogens (primary N) is 1. The fourth-order valence-corrected chi connectivity index (χ4v) is 2.50. The van der Waals surface area contributed by atoms with Gasteiger partial charge in [-0.25, -0.2) is 0 Å². The minimum Gasteiger partial charge on any atom is -0.493 e. The van der Waals surface area contributed by atoms with Crippen molar-refractivity contribution in [3.63, 3.8) is 0 Å². The molecule has 0 bridgehead atoms. The molecule has 0 radical (unpaired) electrons. The topological polar surface area (TPSA) is 59.1 Å². The van der Waals surface area contributed by atoms with E-state index in [1.807, 2.05) is 5.38 Å². The molecular formula is C13H13ClN2OS. The van der Waals surface area contributed by atoms with Gasteiger partial charge in [0.15, 0.2) is 0 Å². The number of hydrogen-bond donors (Lipinski definition) is 2. The van der Waals surface area contributed by atoms with Gasteiger partial charge in [-0.3, -0.25) is 5.41 Å². The third kappa shape index (κ3) is 3.24. The molecule has 3 N–H and O–H groups in total. The normalized spacial score (nSPS) is 10.3. The Labute approximate surface area is 115 Å². The molecule has 3 nitrogen and oxygen atoms in total. The van der Waals surface area contributed by atoms with Crippen molar-refractivity contribution < 1.29 is 4.74 Å². The van der Waals surface area contributed by atoms with Gasteiger partial charge in [-0.2, -0.15) is 11.3 Å². The first-order valence-corrected chi connectivity index (χ1v) is 6.76. The standard InChI is InChI=1S/C13H13ClN2OS/c14-12-7-10(1-2-11(12)13(15)16)17-5-3-9-4-6-18-8-9/h1-2,4,6-8H,3,5H2,(H3,15,16). The number of amidine groups is 1. The van der Waals surface area contributed by atoms with Crippen LogP contribution in [0.3, 0.4) is 0 Å². The van der Waals surface area contributed by atoms with Gasteiger partial charge in [-0.1, -0.05) is 11.6 Å². The van der Waals surface area contributed by atoms with Gasteiger partial charge in [-0.05, 0) is 40.6 Å². The van der Waals surface area contributed by atoms with Crippen LogP contribution in [-0.4, -0.2) is 12.4 Å². The van der Waals surface area contributed by atoms with Crippen LogP contribution in [0.25, 0.3) is 0 Å². The second kappa shape index (κ2) is 5.89. The average molecular weight is 281 g/mol. The van der Waals surface area contributed by atoms with Crippen LogP contribution in [0.5, 0.6) is 5.75 Å². The molecule has 0 amide bonds. The number of nitrogen functional groups attached to an aromatic ring is 1. The van der Waals surface area contributed by atoms with Gasteiger partial charge < -0.3 is 10.5 Å². The fourth-order valence-electron chi connectivity index (χ4n) is 1.53. The minimum absolute atomic E-state index is 0.0372. The van der Waals surface area contributed by atoms with E-state index >= 15 is 0 Å². The summed E-state index contributed by atoms with van der Waals surface area (Å²) in [5, 5.41) is 11.9. The second-order valence-electron chi connectivity index (χ2n) is 3.79. The minimum atomic E-state index is -0.0372. The molecule has 18 heavy (non-hydrogen) atoms. The highest BCUT2D eigenvalue weighted by molar-refractivity contribution is 7.07. The lowest BCUT2D eigenvalue weighted by Gasteiger charge is -2.08.